The quantitative estimate of drug-likeness (QED) is 0.259. The van der Waals surface area contributed by atoms with Gasteiger partial charge in [0.05, 0.1) is 27.6 Å². The molecule has 0 fully saturated rings. The van der Waals surface area contributed by atoms with Crippen LogP contribution in [0.1, 0.15) is 21.5 Å². The van der Waals surface area contributed by atoms with Crippen molar-refractivity contribution >= 4 is 33.4 Å². The number of carboxylic acid groups (broad SMARTS) is 1. The van der Waals surface area contributed by atoms with Crippen LogP contribution in [-0.2, 0) is 22.7 Å². The Hall–Kier alpha value is -4.09. The van der Waals surface area contributed by atoms with E-state index in [1.807, 2.05) is 6.07 Å². The van der Waals surface area contributed by atoms with E-state index in [0.29, 0.717) is 29.3 Å². The van der Waals surface area contributed by atoms with Crippen LogP contribution in [0.4, 0.5) is 19.0 Å². The Labute approximate surface area is 220 Å². The third-order valence-corrected chi connectivity index (χ3v) is 7.33. The molecule has 12 heteroatoms. The van der Waals surface area contributed by atoms with Crippen molar-refractivity contribution in [3.8, 4) is 11.5 Å². The molecule has 4 aromatic rings. The highest BCUT2D eigenvalue weighted by molar-refractivity contribution is 7.92. The minimum absolute atomic E-state index is 0.143. The Morgan fingerprint density at radius 3 is 2.11 bits per heavy atom. The van der Waals surface area contributed by atoms with Gasteiger partial charge in [0.15, 0.2) is 5.82 Å². The van der Waals surface area contributed by atoms with Crippen molar-refractivity contribution in [1.82, 2.24) is 4.98 Å². The summed E-state index contributed by atoms with van der Waals surface area (Å²) < 4.78 is 73.1. The maximum atomic E-state index is 13.6. The number of para-hydroxylation sites is 1. The van der Waals surface area contributed by atoms with Crippen LogP contribution in [0.5, 0.6) is 11.5 Å². The van der Waals surface area contributed by atoms with Crippen molar-refractivity contribution in [1.29, 1.82) is 0 Å². The molecule has 1 heterocycles. The second-order valence-electron chi connectivity index (χ2n) is 7.93. The molecule has 4 rings (SSSR count). The number of rotatable bonds is 8. The molecule has 7 nitrogen and oxygen atoms in total. The molecule has 1 N–H and O–H groups in total. The molecule has 38 heavy (non-hydrogen) atoms. The first-order valence-corrected chi connectivity index (χ1v) is 12.7. The summed E-state index contributed by atoms with van der Waals surface area (Å²) in [7, 11) is -4.44. The van der Waals surface area contributed by atoms with Gasteiger partial charge in [0.25, 0.3) is 10.0 Å². The molecule has 0 bridgehead atoms. The Morgan fingerprint density at radius 2 is 1.55 bits per heavy atom. The summed E-state index contributed by atoms with van der Waals surface area (Å²) in [6.07, 6.45) is -4.24. The second-order valence-corrected chi connectivity index (χ2v) is 10.2. The van der Waals surface area contributed by atoms with E-state index >= 15 is 0 Å². The summed E-state index contributed by atoms with van der Waals surface area (Å²) in [5.41, 5.74) is -0.832. The fourth-order valence-corrected chi connectivity index (χ4v) is 5.14. The SMILES string of the molecule is O=C(O)c1ccc(S(=O)(=O)N(Cc2ccc(Oc3ccccc3)cc2)c2ncc(C(F)(F)F)cc2Cl)cc1. The molecule has 0 saturated carbocycles. The van der Waals surface area contributed by atoms with Crippen molar-refractivity contribution in [3.63, 3.8) is 0 Å². The van der Waals surface area contributed by atoms with E-state index in [-0.39, 0.29) is 17.0 Å². The van der Waals surface area contributed by atoms with Gasteiger partial charge < -0.3 is 9.84 Å². The number of carbonyl (C=O) groups is 1. The van der Waals surface area contributed by atoms with Crippen LogP contribution >= 0.6 is 11.6 Å². The fourth-order valence-electron chi connectivity index (χ4n) is 3.39. The van der Waals surface area contributed by atoms with E-state index in [4.69, 9.17) is 21.4 Å². The Kier molecular flexibility index (Phi) is 7.61. The van der Waals surface area contributed by atoms with E-state index in [2.05, 4.69) is 4.98 Å². The van der Waals surface area contributed by atoms with Gasteiger partial charge in [0.1, 0.15) is 11.5 Å². The lowest BCUT2D eigenvalue weighted by molar-refractivity contribution is -0.137. The van der Waals surface area contributed by atoms with Gasteiger partial charge in [-0.15, -0.1) is 0 Å². The molecule has 0 atom stereocenters. The number of pyridine rings is 1. The summed E-state index contributed by atoms with van der Waals surface area (Å²) in [5.74, 6) is -0.609. The number of aromatic carboxylic acids is 1. The van der Waals surface area contributed by atoms with Crippen molar-refractivity contribution in [2.45, 2.75) is 17.6 Å². The minimum atomic E-state index is -4.74. The van der Waals surface area contributed by atoms with Crippen LogP contribution in [0.15, 0.2) is 96.0 Å². The molecule has 0 aliphatic heterocycles. The average Bonchev–Trinajstić information content (AvgIpc) is 2.88. The molecule has 0 aliphatic carbocycles. The molecule has 3 aromatic carbocycles. The average molecular weight is 563 g/mol. The standard InChI is InChI=1S/C26H18ClF3N2O5S/c27-23-14-19(26(28,29)30)15-31-24(23)32(38(35,36)22-12-8-18(9-13-22)25(33)34)16-17-6-10-21(11-7-17)37-20-4-2-1-3-5-20/h1-15H,16H2,(H,33,34). The van der Waals surface area contributed by atoms with Crippen molar-refractivity contribution in [3.05, 3.63) is 113 Å². The number of hydrogen-bond acceptors (Lipinski definition) is 5. The Balaban J connectivity index is 1.71. The minimum Gasteiger partial charge on any atom is -0.478 e. The van der Waals surface area contributed by atoms with E-state index in [9.17, 15) is 26.4 Å². The van der Waals surface area contributed by atoms with Gasteiger partial charge in [-0.1, -0.05) is 41.9 Å². The highest BCUT2D eigenvalue weighted by Gasteiger charge is 2.34. The highest BCUT2D eigenvalue weighted by Crippen LogP contribution is 2.36. The number of sulfonamides is 1. The van der Waals surface area contributed by atoms with Crippen molar-refractivity contribution in [2.75, 3.05) is 4.31 Å². The number of benzene rings is 3. The van der Waals surface area contributed by atoms with Gasteiger partial charge in [0.2, 0.25) is 0 Å². The lowest BCUT2D eigenvalue weighted by atomic mass is 10.2. The van der Waals surface area contributed by atoms with Gasteiger partial charge in [-0.05, 0) is 60.2 Å². The van der Waals surface area contributed by atoms with Crippen molar-refractivity contribution in [2.24, 2.45) is 0 Å². The molecule has 0 unspecified atom stereocenters. The van der Waals surface area contributed by atoms with Gasteiger partial charge in [-0.25, -0.2) is 22.5 Å². The molecule has 0 aliphatic rings. The first kappa shape index (κ1) is 27.0. The number of hydrogen-bond donors (Lipinski definition) is 1. The van der Waals surface area contributed by atoms with Gasteiger partial charge in [-0.2, -0.15) is 13.2 Å². The summed E-state index contributed by atoms with van der Waals surface area (Å²) in [4.78, 5) is 14.6. The van der Waals surface area contributed by atoms with Crippen LogP contribution in [0, 0.1) is 0 Å². The molecule has 0 amide bonds. The molecule has 0 saturated heterocycles. The number of carboxylic acids is 1. The predicted molar refractivity (Wildman–Crippen MR) is 134 cm³/mol. The third-order valence-electron chi connectivity index (χ3n) is 5.30. The predicted octanol–water partition coefficient (Wildman–Crippen LogP) is 6.64. The van der Waals surface area contributed by atoms with Gasteiger partial charge in [0, 0.05) is 6.20 Å². The first-order chi connectivity index (χ1) is 17.9. The highest BCUT2D eigenvalue weighted by atomic mass is 35.5. The van der Waals surface area contributed by atoms with Crippen LogP contribution < -0.4 is 9.04 Å². The largest absolute Gasteiger partial charge is 0.478 e. The number of halogens is 4. The molecule has 0 radical (unpaired) electrons. The van der Waals surface area contributed by atoms with E-state index < -0.39 is 38.6 Å². The van der Waals surface area contributed by atoms with Gasteiger partial charge in [-0.3, -0.25) is 0 Å². The molecular formula is C26H18ClF3N2O5S. The number of aromatic nitrogens is 1. The summed E-state index contributed by atoms with van der Waals surface area (Å²) in [6.45, 7) is -0.341. The fraction of sp³-hybridized carbons (Fsp3) is 0.0769. The number of anilines is 1. The summed E-state index contributed by atoms with van der Waals surface area (Å²) in [5, 5.41) is 8.58. The maximum Gasteiger partial charge on any atom is 0.417 e. The van der Waals surface area contributed by atoms with Crippen LogP contribution in [0.3, 0.4) is 0 Å². The van der Waals surface area contributed by atoms with E-state index in [1.165, 1.54) is 0 Å². The molecular weight excluding hydrogens is 545 g/mol. The monoisotopic (exact) mass is 562 g/mol. The lowest BCUT2D eigenvalue weighted by Gasteiger charge is -2.25. The lowest BCUT2D eigenvalue weighted by Crippen LogP contribution is -2.31. The summed E-state index contributed by atoms with van der Waals surface area (Å²) >= 11 is 6.11. The normalized spacial score (nSPS) is 11.7. The van der Waals surface area contributed by atoms with E-state index in [1.54, 1.807) is 48.5 Å². The Morgan fingerprint density at radius 1 is 0.947 bits per heavy atom. The zero-order valence-corrected chi connectivity index (χ0v) is 20.8. The topological polar surface area (TPSA) is 96.8 Å². The first-order valence-electron chi connectivity index (χ1n) is 10.9. The molecule has 1 aromatic heterocycles. The molecule has 196 valence electrons. The van der Waals surface area contributed by atoms with E-state index in [0.717, 1.165) is 28.6 Å². The number of alkyl halides is 3. The maximum absolute atomic E-state index is 13.6. The van der Waals surface area contributed by atoms with Gasteiger partial charge >= 0.3 is 12.1 Å². The summed E-state index contributed by atoms with van der Waals surface area (Å²) in [6, 6.07) is 20.3. The van der Waals surface area contributed by atoms with Crippen LogP contribution in [0.25, 0.3) is 0 Å². The molecule has 0 spiro atoms. The zero-order chi connectivity index (χ0) is 27.5. The zero-order valence-electron chi connectivity index (χ0n) is 19.3. The third kappa shape index (κ3) is 6.06. The van der Waals surface area contributed by atoms with Crippen molar-refractivity contribution < 1.29 is 36.2 Å². The second kappa shape index (κ2) is 10.7. The Bertz CT molecular complexity index is 1550. The van der Waals surface area contributed by atoms with Crippen LogP contribution in [0.2, 0.25) is 5.02 Å². The number of ether oxygens (including phenoxy) is 1. The number of nitrogens with zero attached hydrogens (tertiary/aromatic N) is 2. The smallest absolute Gasteiger partial charge is 0.417 e. The van der Waals surface area contributed by atoms with Crippen LogP contribution in [-0.4, -0.2) is 24.5 Å².